The van der Waals surface area contributed by atoms with Crippen molar-refractivity contribution >= 4 is 67.0 Å². The van der Waals surface area contributed by atoms with Gasteiger partial charge in [0.25, 0.3) is 20.2 Å². The Morgan fingerprint density at radius 1 is 0.984 bits per heavy atom. The highest BCUT2D eigenvalue weighted by Gasteiger charge is 2.41. The molecule has 2 aliphatic heterocycles. The molecule has 2 aromatic carbocycles. The van der Waals surface area contributed by atoms with Gasteiger partial charge in [0.15, 0.2) is 0 Å². The van der Waals surface area contributed by atoms with E-state index in [0.717, 1.165) is 27.4 Å². The molecule has 62 heavy (non-hydrogen) atoms. The van der Waals surface area contributed by atoms with Crippen molar-refractivity contribution in [1.82, 2.24) is 10.2 Å². The summed E-state index contributed by atoms with van der Waals surface area (Å²) < 4.78 is 67.6. The van der Waals surface area contributed by atoms with Crippen LogP contribution in [0.15, 0.2) is 87.3 Å². The van der Waals surface area contributed by atoms with Gasteiger partial charge in [-0.05, 0) is 85.9 Å². The van der Waals surface area contributed by atoms with Crippen LogP contribution in [0.5, 0.6) is 0 Å². The molecule has 2 aromatic rings. The number of primary amides is 1. The maximum absolute atomic E-state index is 12.8. The summed E-state index contributed by atoms with van der Waals surface area (Å²) in [7, 11) is -8.86. The Labute approximate surface area is 369 Å². The van der Waals surface area contributed by atoms with Crippen molar-refractivity contribution in [2.75, 3.05) is 36.8 Å². The Hall–Kier alpha value is -4.62. The van der Waals surface area contributed by atoms with Crippen molar-refractivity contribution in [3.8, 4) is 0 Å². The number of nitrogens with one attached hydrogen (secondary N) is 1. The summed E-state index contributed by atoms with van der Waals surface area (Å²) in [4.78, 5) is 56.8. The molecular formula is C44H59N5O10S3. The molecule has 0 saturated carbocycles. The fraction of sp³-hybridized carbons (Fsp3) is 0.477. The Bertz CT molecular complexity index is 2390. The maximum atomic E-state index is 12.8. The third-order valence-electron chi connectivity index (χ3n) is 11.2. The summed E-state index contributed by atoms with van der Waals surface area (Å²) in [5.74, 6) is -1.40. The minimum absolute atomic E-state index is 0.0442. The van der Waals surface area contributed by atoms with Gasteiger partial charge in [-0.1, -0.05) is 65.3 Å². The molecule has 0 aliphatic carbocycles. The Kier molecular flexibility index (Phi) is 16.7. The smallest absolute Gasteiger partial charge is 0.294 e. The average Bonchev–Trinajstić information content (AvgIpc) is 3.57. The number of carbonyl (C=O) groups is 4. The largest absolute Gasteiger partial charge is 0.369 e. The minimum atomic E-state index is -4.46. The summed E-state index contributed by atoms with van der Waals surface area (Å²) in [5, 5.41) is 2.22. The van der Waals surface area contributed by atoms with Crippen molar-refractivity contribution in [2.45, 2.75) is 106 Å². The molecule has 4 amide bonds. The summed E-state index contributed by atoms with van der Waals surface area (Å²) in [6, 6.07) is 9.05. The molecule has 0 spiro atoms. The number of hydrogen-bond donors (Lipinski definition) is 4. The Balaban J connectivity index is 1.41. The van der Waals surface area contributed by atoms with E-state index in [0.29, 0.717) is 49.4 Å². The first kappa shape index (κ1) is 50.0. The van der Waals surface area contributed by atoms with Crippen molar-refractivity contribution in [2.24, 2.45) is 16.6 Å². The van der Waals surface area contributed by atoms with Crippen molar-refractivity contribution < 1.29 is 45.1 Å². The molecule has 338 valence electrons. The zero-order chi connectivity index (χ0) is 46.2. The predicted octanol–water partition coefficient (Wildman–Crippen LogP) is 5.68. The Morgan fingerprint density at radius 2 is 1.65 bits per heavy atom. The zero-order valence-electron chi connectivity index (χ0n) is 36.4. The van der Waals surface area contributed by atoms with Crippen LogP contribution in [0, 0.1) is 12.8 Å². The summed E-state index contributed by atoms with van der Waals surface area (Å²) in [5.41, 5.74) is 8.58. The molecule has 5 N–H and O–H groups in total. The molecule has 4 rings (SSSR count). The van der Waals surface area contributed by atoms with E-state index in [9.17, 15) is 45.1 Å². The van der Waals surface area contributed by atoms with Crippen molar-refractivity contribution in [3.63, 3.8) is 0 Å². The lowest BCUT2D eigenvalue weighted by Crippen LogP contribution is -2.39. The van der Waals surface area contributed by atoms with Crippen LogP contribution in [0.1, 0.15) is 90.3 Å². The number of likely N-dealkylation sites (tertiary alicyclic amines) is 1. The predicted molar refractivity (Wildman–Crippen MR) is 242 cm³/mol. The van der Waals surface area contributed by atoms with Gasteiger partial charge in [-0.25, -0.2) is 0 Å². The highest BCUT2D eigenvalue weighted by Crippen LogP contribution is 2.48. The van der Waals surface area contributed by atoms with Crippen LogP contribution in [0.2, 0.25) is 0 Å². The lowest BCUT2D eigenvalue weighted by Gasteiger charge is -2.28. The maximum Gasteiger partial charge on any atom is 0.294 e. The molecule has 2 unspecified atom stereocenters. The number of rotatable bonds is 21. The van der Waals surface area contributed by atoms with Crippen LogP contribution >= 0.6 is 11.8 Å². The molecule has 1 saturated heterocycles. The molecule has 2 heterocycles. The molecular weight excluding hydrogens is 855 g/mol. The number of aryl methyl sites for hydroxylation is 1. The summed E-state index contributed by atoms with van der Waals surface area (Å²) in [6.07, 6.45) is 11.6. The number of unbranched alkanes of at least 4 members (excludes halogenated alkanes) is 2. The van der Waals surface area contributed by atoms with Gasteiger partial charge in [0.2, 0.25) is 23.6 Å². The minimum Gasteiger partial charge on any atom is -0.369 e. The number of thioether (sulfide) groups is 1. The van der Waals surface area contributed by atoms with E-state index in [1.807, 2.05) is 71.9 Å². The quantitative estimate of drug-likeness (QED) is 0.0390. The normalized spacial score (nSPS) is 18.4. The molecule has 0 aromatic heterocycles. The third-order valence-corrected chi connectivity index (χ3v) is 14.4. The number of imide groups is 1. The standard InChI is InChI=1S/C44H59N5O10S3/c1-8-46-37(43(4,5)33-25-31(61(54,55)56)19-18-29(33)2)15-11-9-12-16-38-44(6,7)34-26-32(62(57,58)59)20-21-35(34)48(38)23-14-10-13-17-39(50)47-22-24-49-40(51)27-36(42(49)53)60-28-30(3)41(45)52/h9,11-12,15-16,18-21,25-26,30,36H,8,10,13-14,17,22-24,27-28H2,1-7H3,(H2,45,52)(H,47,50)(H,54,55,56)(H,57,58,59)/b12-9+,15-11+,38-16+,46-37?. The van der Waals surface area contributed by atoms with Crippen LogP contribution in [-0.4, -0.2) is 97.4 Å². The van der Waals surface area contributed by atoms with Crippen LogP contribution in [-0.2, 0) is 50.2 Å². The molecule has 0 radical (unpaired) electrons. The van der Waals surface area contributed by atoms with E-state index in [4.69, 9.17) is 10.7 Å². The number of amides is 4. The van der Waals surface area contributed by atoms with Gasteiger partial charge in [0.1, 0.15) is 0 Å². The lowest BCUT2D eigenvalue weighted by atomic mass is 9.77. The first-order chi connectivity index (χ1) is 28.9. The van der Waals surface area contributed by atoms with Gasteiger partial charge in [0.05, 0.1) is 15.0 Å². The van der Waals surface area contributed by atoms with Crippen LogP contribution in [0.3, 0.4) is 0 Å². The average molecular weight is 914 g/mol. The van der Waals surface area contributed by atoms with E-state index < -0.39 is 48.1 Å². The van der Waals surface area contributed by atoms with Gasteiger partial charge < -0.3 is 16.0 Å². The van der Waals surface area contributed by atoms with Gasteiger partial charge >= 0.3 is 0 Å². The zero-order valence-corrected chi connectivity index (χ0v) is 38.8. The van der Waals surface area contributed by atoms with Crippen LogP contribution in [0.4, 0.5) is 5.69 Å². The third kappa shape index (κ3) is 12.3. The number of allylic oxidation sites excluding steroid dienone is 6. The van der Waals surface area contributed by atoms with E-state index in [-0.39, 0.29) is 53.4 Å². The number of carbonyl (C=O) groups excluding carboxylic acids is 4. The van der Waals surface area contributed by atoms with E-state index in [2.05, 4.69) is 10.2 Å². The first-order valence-corrected chi connectivity index (χ1v) is 24.4. The molecule has 15 nitrogen and oxygen atoms in total. The first-order valence-electron chi connectivity index (χ1n) is 20.5. The molecule has 1 fully saturated rings. The molecule has 2 atom stereocenters. The molecule has 2 aliphatic rings. The number of fused-ring (bicyclic) bond motifs is 1. The number of benzene rings is 2. The van der Waals surface area contributed by atoms with Crippen LogP contribution < -0.4 is 16.0 Å². The number of nitrogens with two attached hydrogens (primary N) is 1. The van der Waals surface area contributed by atoms with Gasteiger partial charge in [-0.15, -0.1) is 11.8 Å². The number of nitrogens with zero attached hydrogens (tertiary/aromatic N) is 3. The van der Waals surface area contributed by atoms with Crippen molar-refractivity contribution in [3.05, 3.63) is 89.2 Å². The van der Waals surface area contributed by atoms with Gasteiger partial charge in [0, 0.05) is 78.6 Å². The van der Waals surface area contributed by atoms with E-state index in [1.54, 1.807) is 19.1 Å². The SMILES string of the molecule is CCN=C(/C=C/C=C/C=C1/N(CCCCCC(=O)NCCN2C(=O)CC(SCC(C)C(N)=O)C2=O)c2ccc(S(=O)(=O)O)cc2C1(C)C)C(C)(C)c1cc(S(=O)(=O)O)ccc1C. The second-order valence-corrected chi connectivity index (χ2v) is 20.6. The highest BCUT2D eigenvalue weighted by atomic mass is 32.2. The molecule has 0 bridgehead atoms. The van der Waals surface area contributed by atoms with Crippen molar-refractivity contribution in [1.29, 1.82) is 0 Å². The molecule has 18 heteroatoms. The van der Waals surface area contributed by atoms with E-state index >= 15 is 0 Å². The summed E-state index contributed by atoms with van der Waals surface area (Å²) >= 11 is 1.24. The highest BCUT2D eigenvalue weighted by molar-refractivity contribution is 8.00. The van der Waals surface area contributed by atoms with E-state index in [1.165, 1.54) is 36.0 Å². The monoisotopic (exact) mass is 913 g/mol. The second kappa shape index (κ2) is 20.7. The number of anilines is 1. The topological polar surface area (TPSA) is 234 Å². The van der Waals surface area contributed by atoms with Gasteiger partial charge in [-0.3, -0.25) is 38.2 Å². The summed E-state index contributed by atoms with van der Waals surface area (Å²) in [6.45, 7) is 14.5. The lowest BCUT2D eigenvalue weighted by molar-refractivity contribution is -0.138. The fourth-order valence-electron chi connectivity index (χ4n) is 7.60. The van der Waals surface area contributed by atoms with Crippen LogP contribution in [0.25, 0.3) is 0 Å². The number of aliphatic imine (C=N–C) groups is 1. The number of hydrogen-bond acceptors (Lipinski definition) is 11. The second-order valence-electron chi connectivity index (χ2n) is 16.5. The fourth-order valence-corrected chi connectivity index (χ4v) is 9.83. The van der Waals surface area contributed by atoms with Gasteiger partial charge in [-0.2, -0.15) is 16.8 Å². The Morgan fingerprint density at radius 3 is 2.29 bits per heavy atom.